The quantitative estimate of drug-likeness (QED) is 0.784. The number of nitrogens with one attached hydrogen (secondary N) is 1. The molecule has 116 valence electrons. The van der Waals surface area contributed by atoms with Gasteiger partial charge in [0.25, 0.3) is 0 Å². The normalized spacial score (nSPS) is 35.0. The van der Waals surface area contributed by atoms with E-state index in [4.69, 9.17) is 0 Å². The highest BCUT2D eigenvalue weighted by Crippen LogP contribution is 2.33. The topological polar surface area (TPSA) is 52.6 Å². The number of carboxylic acids is 1. The highest BCUT2D eigenvalue weighted by molar-refractivity contribution is 5.70. The second-order valence-electron chi connectivity index (χ2n) is 7.29. The fourth-order valence-corrected chi connectivity index (χ4v) is 3.49. The minimum Gasteiger partial charge on any atom is -0.481 e. The molecule has 1 aliphatic carbocycles. The second kappa shape index (κ2) is 6.90. The van der Waals surface area contributed by atoms with Crippen molar-refractivity contribution >= 4 is 5.97 Å². The summed E-state index contributed by atoms with van der Waals surface area (Å²) in [4.78, 5) is 13.8. The SMILES string of the molecule is CC(C)CCNC1CC(C(=O)O)CN(C2CC(C)C2)C1. The molecule has 0 amide bonds. The van der Waals surface area contributed by atoms with Crippen LogP contribution in [-0.2, 0) is 4.79 Å². The molecule has 0 aromatic heterocycles. The van der Waals surface area contributed by atoms with Crippen molar-refractivity contribution in [3.05, 3.63) is 0 Å². The number of hydrogen-bond donors (Lipinski definition) is 2. The van der Waals surface area contributed by atoms with E-state index in [-0.39, 0.29) is 5.92 Å². The molecule has 0 aromatic carbocycles. The number of aliphatic carboxylic acids is 1. The average molecular weight is 282 g/mol. The first-order chi connectivity index (χ1) is 9.45. The third kappa shape index (κ3) is 4.19. The van der Waals surface area contributed by atoms with E-state index in [2.05, 4.69) is 31.0 Å². The van der Waals surface area contributed by atoms with Crippen LogP contribution in [0.4, 0.5) is 0 Å². The van der Waals surface area contributed by atoms with Crippen LogP contribution in [0.2, 0.25) is 0 Å². The fourth-order valence-electron chi connectivity index (χ4n) is 3.49. The second-order valence-corrected chi connectivity index (χ2v) is 7.29. The molecule has 4 nitrogen and oxygen atoms in total. The van der Waals surface area contributed by atoms with Gasteiger partial charge in [-0.05, 0) is 44.1 Å². The Labute approximate surface area is 122 Å². The van der Waals surface area contributed by atoms with Crippen LogP contribution in [0.3, 0.4) is 0 Å². The van der Waals surface area contributed by atoms with Gasteiger partial charge in [-0.25, -0.2) is 0 Å². The maximum atomic E-state index is 11.4. The van der Waals surface area contributed by atoms with E-state index < -0.39 is 5.97 Å². The summed E-state index contributed by atoms with van der Waals surface area (Å²) in [6, 6.07) is 0.973. The molecule has 2 aliphatic rings. The molecule has 2 fully saturated rings. The molecule has 2 rings (SSSR count). The smallest absolute Gasteiger partial charge is 0.307 e. The maximum absolute atomic E-state index is 11.4. The Morgan fingerprint density at radius 2 is 2.00 bits per heavy atom. The van der Waals surface area contributed by atoms with Gasteiger partial charge < -0.3 is 10.4 Å². The molecule has 1 aliphatic heterocycles. The number of carbonyl (C=O) groups is 1. The van der Waals surface area contributed by atoms with Gasteiger partial charge in [-0.1, -0.05) is 20.8 Å². The standard InChI is InChI=1S/C16H30N2O2/c1-11(2)4-5-17-14-8-13(16(19)20)9-18(10-14)15-6-12(3)7-15/h11-15,17H,4-10H2,1-3H3,(H,19,20). The van der Waals surface area contributed by atoms with E-state index in [0.717, 1.165) is 38.4 Å². The molecule has 0 bridgehead atoms. The van der Waals surface area contributed by atoms with Crippen molar-refractivity contribution in [1.29, 1.82) is 0 Å². The first-order valence-electron chi connectivity index (χ1n) is 8.16. The Bertz CT molecular complexity index is 326. The first kappa shape index (κ1) is 15.8. The van der Waals surface area contributed by atoms with Gasteiger partial charge in [-0.2, -0.15) is 0 Å². The highest BCUT2D eigenvalue weighted by Gasteiger charge is 2.38. The number of likely N-dealkylation sites (tertiary alicyclic amines) is 1. The molecule has 2 atom stereocenters. The van der Waals surface area contributed by atoms with Crippen molar-refractivity contribution in [3.63, 3.8) is 0 Å². The van der Waals surface area contributed by atoms with Crippen molar-refractivity contribution in [1.82, 2.24) is 10.2 Å². The van der Waals surface area contributed by atoms with E-state index >= 15 is 0 Å². The highest BCUT2D eigenvalue weighted by atomic mass is 16.4. The Balaban J connectivity index is 1.85. The molecular weight excluding hydrogens is 252 g/mol. The fraction of sp³-hybridized carbons (Fsp3) is 0.938. The molecule has 2 N–H and O–H groups in total. The van der Waals surface area contributed by atoms with Gasteiger partial charge in [-0.3, -0.25) is 9.69 Å². The first-order valence-corrected chi connectivity index (χ1v) is 8.16. The molecule has 1 heterocycles. The predicted octanol–water partition coefficient (Wildman–Crippen LogP) is 2.20. The number of rotatable bonds is 6. The lowest BCUT2D eigenvalue weighted by Gasteiger charge is -2.47. The summed E-state index contributed by atoms with van der Waals surface area (Å²) in [6.07, 6.45) is 4.43. The minimum absolute atomic E-state index is 0.198. The van der Waals surface area contributed by atoms with Crippen molar-refractivity contribution in [2.45, 2.75) is 58.5 Å². The number of carboxylic acid groups (broad SMARTS) is 1. The van der Waals surface area contributed by atoms with Crippen LogP contribution in [0.25, 0.3) is 0 Å². The lowest BCUT2D eigenvalue weighted by molar-refractivity contribution is -0.144. The molecule has 20 heavy (non-hydrogen) atoms. The summed E-state index contributed by atoms with van der Waals surface area (Å²) < 4.78 is 0. The lowest BCUT2D eigenvalue weighted by atomic mass is 9.79. The van der Waals surface area contributed by atoms with Crippen molar-refractivity contribution in [2.24, 2.45) is 17.8 Å². The number of nitrogens with zero attached hydrogens (tertiary/aromatic N) is 1. The maximum Gasteiger partial charge on any atom is 0.307 e. The number of piperidine rings is 1. The van der Waals surface area contributed by atoms with E-state index in [9.17, 15) is 9.90 Å². The Morgan fingerprint density at radius 3 is 2.55 bits per heavy atom. The molecule has 0 spiro atoms. The summed E-state index contributed by atoms with van der Waals surface area (Å²) in [6.45, 7) is 9.51. The van der Waals surface area contributed by atoms with Gasteiger partial charge in [-0.15, -0.1) is 0 Å². The summed E-state index contributed by atoms with van der Waals surface area (Å²) >= 11 is 0. The summed E-state index contributed by atoms with van der Waals surface area (Å²) in [7, 11) is 0. The van der Waals surface area contributed by atoms with Crippen LogP contribution >= 0.6 is 0 Å². The van der Waals surface area contributed by atoms with Crippen LogP contribution < -0.4 is 5.32 Å². The third-order valence-corrected chi connectivity index (χ3v) is 4.85. The predicted molar refractivity (Wildman–Crippen MR) is 80.7 cm³/mol. The van der Waals surface area contributed by atoms with E-state index in [1.54, 1.807) is 0 Å². The van der Waals surface area contributed by atoms with Crippen LogP contribution in [-0.4, -0.2) is 47.7 Å². The zero-order chi connectivity index (χ0) is 14.7. The molecule has 2 unspecified atom stereocenters. The van der Waals surface area contributed by atoms with Crippen LogP contribution in [0.5, 0.6) is 0 Å². The van der Waals surface area contributed by atoms with Crippen LogP contribution in [0.15, 0.2) is 0 Å². The summed E-state index contributed by atoms with van der Waals surface area (Å²) in [5.41, 5.74) is 0. The molecule has 1 saturated heterocycles. The summed E-state index contributed by atoms with van der Waals surface area (Å²) in [5, 5.41) is 12.9. The average Bonchev–Trinajstić information content (AvgIpc) is 2.34. The Hall–Kier alpha value is -0.610. The van der Waals surface area contributed by atoms with Crippen molar-refractivity contribution < 1.29 is 9.90 Å². The molecule has 1 saturated carbocycles. The van der Waals surface area contributed by atoms with Gasteiger partial charge in [0.15, 0.2) is 0 Å². The Morgan fingerprint density at radius 1 is 1.30 bits per heavy atom. The van der Waals surface area contributed by atoms with Gasteiger partial charge >= 0.3 is 5.97 Å². The van der Waals surface area contributed by atoms with E-state index in [1.807, 2.05) is 0 Å². The van der Waals surface area contributed by atoms with E-state index in [0.29, 0.717) is 18.0 Å². The van der Waals surface area contributed by atoms with Gasteiger partial charge in [0.2, 0.25) is 0 Å². The monoisotopic (exact) mass is 282 g/mol. The third-order valence-electron chi connectivity index (χ3n) is 4.85. The van der Waals surface area contributed by atoms with Gasteiger partial charge in [0, 0.05) is 25.2 Å². The van der Waals surface area contributed by atoms with E-state index in [1.165, 1.54) is 12.8 Å². The van der Waals surface area contributed by atoms with Gasteiger partial charge in [0.05, 0.1) is 5.92 Å². The van der Waals surface area contributed by atoms with Crippen molar-refractivity contribution in [3.8, 4) is 0 Å². The lowest BCUT2D eigenvalue weighted by Crippen LogP contribution is -2.56. The molecule has 4 heteroatoms. The largest absolute Gasteiger partial charge is 0.481 e. The summed E-state index contributed by atoms with van der Waals surface area (Å²) in [5.74, 6) is 0.691. The molecule has 0 radical (unpaired) electrons. The molecular formula is C16H30N2O2. The number of hydrogen-bond acceptors (Lipinski definition) is 3. The molecule has 0 aromatic rings. The zero-order valence-electron chi connectivity index (χ0n) is 13.1. The van der Waals surface area contributed by atoms with Crippen molar-refractivity contribution in [2.75, 3.05) is 19.6 Å². The van der Waals surface area contributed by atoms with Crippen LogP contribution in [0, 0.1) is 17.8 Å². The van der Waals surface area contributed by atoms with Gasteiger partial charge in [0.1, 0.15) is 0 Å². The Kier molecular flexibility index (Phi) is 5.44. The zero-order valence-corrected chi connectivity index (χ0v) is 13.1. The van der Waals surface area contributed by atoms with Crippen LogP contribution in [0.1, 0.15) is 46.5 Å². The minimum atomic E-state index is -0.627.